The van der Waals surface area contributed by atoms with Gasteiger partial charge in [-0.3, -0.25) is 4.68 Å². The van der Waals surface area contributed by atoms with Crippen LogP contribution in [0.4, 0.5) is 0 Å². The molecule has 0 amide bonds. The monoisotopic (exact) mass is 335 g/mol. The predicted molar refractivity (Wildman–Crippen MR) is 86.3 cm³/mol. The molecule has 0 saturated heterocycles. The number of sulfonamides is 1. The Bertz CT molecular complexity index is 581. The molecule has 21 heavy (non-hydrogen) atoms. The van der Waals surface area contributed by atoms with E-state index in [0.29, 0.717) is 28.7 Å². The summed E-state index contributed by atoms with van der Waals surface area (Å²) in [6.45, 7) is 10.1. The van der Waals surface area contributed by atoms with Crippen molar-refractivity contribution < 1.29 is 8.42 Å². The van der Waals surface area contributed by atoms with Crippen molar-refractivity contribution in [1.82, 2.24) is 14.1 Å². The molecule has 122 valence electrons. The van der Waals surface area contributed by atoms with Gasteiger partial charge < -0.3 is 0 Å². The van der Waals surface area contributed by atoms with E-state index in [2.05, 4.69) is 5.10 Å². The molecule has 1 heterocycles. The summed E-state index contributed by atoms with van der Waals surface area (Å²) in [7, 11) is -1.90. The van der Waals surface area contributed by atoms with Gasteiger partial charge >= 0.3 is 0 Å². The molecule has 1 unspecified atom stereocenters. The molecule has 1 atom stereocenters. The van der Waals surface area contributed by atoms with Gasteiger partial charge in [0.15, 0.2) is 0 Å². The van der Waals surface area contributed by atoms with Crippen LogP contribution in [0.25, 0.3) is 0 Å². The summed E-state index contributed by atoms with van der Waals surface area (Å²) in [6, 6.07) is -0.0695. The number of aryl methyl sites for hydroxylation is 2. The summed E-state index contributed by atoms with van der Waals surface area (Å²) >= 11 is 5.70. The Labute approximate surface area is 133 Å². The van der Waals surface area contributed by atoms with Crippen LogP contribution in [-0.2, 0) is 16.6 Å². The third-order valence-electron chi connectivity index (χ3n) is 3.99. The maximum atomic E-state index is 12.9. The van der Waals surface area contributed by atoms with Gasteiger partial charge in [-0.15, -0.1) is 11.6 Å². The molecule has 1 aromatic heterocycles. The van der Waals surface area contributed by atoms with Crippen molar-refractivity contribution in [2.75, 3.05) is 12.9 Å². The summed E-state index contributed by atoms with van der Waals surface area (Å²) in [5.74, 6) is 0.779. The summed E-state index contributed by atoms with van der Waals surface area (Å²) in [5.41, 5.74) is 1.23. The topological polar surface area (TPSA) is 55.2 Å². The highest BCUT2D eigenvalue weighted by atomic mass is 35.5. The second-order valence-electron chi connectivity index (χ2n) is 5.77. The number of hydrogen-bond donors (Lipinski definition) is 0. The van der Waals surface area contributed by atoms with Crippen molar-refractivity contribution in [1.29, 1.82) is 0 Å². The number of rotatable bonds is 7. The van der Waals surface area contributed by atoms with Gasteiger partial charge in [0.2, 0.25) is 10.0 Å². The lowest BCUT2D eigenvalue weighted by Gasteiger charge is -2.27. The minimum absolute atomic E-state index is 0.0695. The van der Waals surface area contributed by atoms with E-state index in [9.17, 15) is 8.42 Å². The fourth-order valence-electron chi connectivity index (χ4n) is 2.26. The Morgan fingerprint density at radius 3 is 2.33 bits per heavy atom. The Kier molecular flexibility index (Phi) is 6.25. The average Bonchev–Trinajstić information content (AvgIpc) is 2.69. The summed E-state index contributed by atoms with van der Waals surface area (Å²) in [6.07, 6.45) is 0.765. The molecule has 0 aliphatic carbocycles. The fraction of sp³-hybridized carbons (Fsp3) is 0.786. The average molecular weight is 336 g/mol. The number of alkyl halides is 1. The maximum Gasteiger partial charge on any atom is 0.246 e. The van der Waals surface area contributed by atoms with Gasteiger partial charge in [-0.05, 0) is 33.1 Å². The number of aromatic nitrogens is 2. The molecule has 0 N–H and O–H groups in total. The molecule has 0 fully saturated rings. The molecular weight excluding hydrogens is 310 g/mol. The van der Waals surface area contributed by atoms with E-state index in [1.165, 1.54) is 4.31 Å². The predicted octanol–water partition coefficient (Wildman–Crippen LogP) is 2.79. The van der Waals surface area contributed by atoms with Gasteiger partial charge in [0.05, 0.1) is 11.4 Å². The minimum atomic E-state index is -3.53. The molecule has 0 radical (unpaired) electrons. The Morgan fingerprint density at radius 1 is 1.29 bits per heavy atom. The molecule has 5 nitrogen and oxygen atoms in total. The highest BCUT2D eigenvalue weighted by molar-refractivity contribution is 7.89. The standard InChI is InChI=1S/C14H26ClN3O2S/c1-10(2)12(4)17(6)21(19,20)14-11(3)16-18(13(14)5)9-7-8-15/h10,12H,7-9H2,1-6H3. The van der Waals surface area contributed by atoms with Gasteiger partial charge in [0.1, 0.15) is 4.90 Å². The third kappa shape index (κ3) is 3.79. The molecule has 0 bridgehead atoms. The lowest BCUT2D eigenvalue weighted by atomic mass is 10.1. The summed E-state index contributed by atoms with van der Waals surface area (Å²) < 4.78 is 28.9. The van der Waals surface area contributed by atoms with Crippen LogP contribution >= 0.6 is 11.6 Å². The van der Waals surface area contributed by atoms with Gasteiger partial charge in [-0.25, -0.2) is 8.42 Å². The van der Waals surface area contributed by atoms with Crippen molar-refractivity contribution in [3.8, 4) is 0 Å². The highest BCUT2D eigenvalue weighted by Crippen LogP contribution is 2.25. The number of hydrogen-bond acceptors (Lipinski definition) is 3. The van der Waals surface area contributed by atoms with Crippen LogP contribution in [0.2, 0.25) is 0 Å². The van der Waals surface area contributed by atoms with E-state index in [0.717, 1.165) is 6.42 Å². The molecule has 0 aromatic carbocycles. The first-order valence-electron chi connectivity index (χ1n) is 7.22. The fourth-order valence-corrected chi connectivity index (χ4v) is 4.25. The number of halogens is 1. The van der Waals surface area contributed by atoms with E-state index in [4.69, 9.17) is 11.6 Å². The number of nitrogens with zero attached hydrogens (tertiary/aromatic N) is 3. The maximum absolute atomic E-state index is 12.9. The van der Waals surface area contributed by atoms with Crippen LogP contribution in [0.3, 0.4) is 0 Å². The Morgan fingerprint density at radius 2 is 1.86 bits per heavy atom. The normalized spacial score (nSPS) is 14.1. The first-order chi connectivity index (χ1) is 9.64. The molecule has 1 rings (SSSR count). The zero-order valence-corrected chi connectivity index (χ0v) is 15.3. The first kappa shape index (κ1) is 18.5. The van der Waals surface area contributed by atoms with Crippen molar-refractivity contribution in [2.24, 2.45) is 5.92 Å². The molecule has 0 saturated carbocycles. The first-order valence-corrected chi connectivity index (χ1v) is 9.20. The van der Waals surface area contributed by atoms with Crippen LogP contribution in [0.15, 0.2) is 4.90 Å². The smallest absolute Gasteiger partial charge is 0.246 e. The zero-order valence-electron chi connectivity index (χ0n) is 13.7. The van der Waals surface area contributed by atoms with Crippen molar-refractivity contribution in [2.45, 2.75) is 58.5 Å². The second kappa shape index (κ2) is 7.11. The van der Waals surface area contributed by atoms with Gasteiger partial charge in [-0.1, -0.05) is 13.8 Å². The molecule has 7 heteroatoms. The second-order valence-corrected chi connectivity index (χ2v) is 8.08. The molecular formula is C14H26ClN3O2S. The van der Waals surface area contributed by atoms with Crippen molar-refractivity contribution >= 4 is 21.6 Å². The van der Waals surface area contributed by atoms with E-state index < -0.39 is 10.0 Å². The summed E-state index contributed by atoms with van der Waals surface area (Å²) in [5, 5.41) is 4.35. The van der Waals surface area contributed by atoms with E-state index >= 15 is 0 Å². The van der Waals surface area contributed by atoms with Crippen LogP contribution < -0.4 is 0 Å². The quantitative estimate of drug-likeness (QED) is 0.720. The zero-order chi connectivity index (χ0) is 16.4. The van der Waals surface area contributed by atoms with E-state index in [1.807, 2.05) is 20.8 Å². The Balaban J connectivity index is 3.23. The lowest BCUT2D eigenvalue weighted by molar-refractivity contribution is 0.315. The largest absolute Gasteiger partial charge is 0.268 e. The third-order valence-corrected chi connectivity index (χ3v) is 6.46. The van der Waals surface area contributed by atoms with Gasteiger partial charge in [0.25, 0.3) is 0 Å². The molecule has 0 aliphatic heterocycles. The molecule has 0 spiro atoms. The minimum Gasteiger partial charge on any atom is -0.268 e. The Hall–Kier alpha value is -0.590. The van der Waals surface area contributed by atoms with Crippen LogP contribution in [0.5, 0.6) is 0 Å². The molecule has 0 aliphatic rings. The highest BCUT2D eigenvalue weighted by Gasteiger charge is 2.32. The van der Waals surface area contributed by atoms with Crippen LogP contribution in [0, 0.1) is 19.8 Å². The van der Waals surface area contributed by atoms with E-state index in [1.54, 1.807) is 25.6 Å². The van der Waals surface area contributed by atoms with Crippen LogP contribution in [0.1, 0.15) is 38.6 Å². The van der Waals surface area contributed by atoms with Crippen LogP contribution in [-0.4, -0.2) is 41.5 Å². The van der Waals surface area contributed by atoms with Crippen molar-refractivity contribution in [3.63, 3.8) is 0 Å². The van der Waals surface area contributed by atoms with Crippen molar-refractivity contribution in [3.05, 3.63) is 11.4 Å². The lowest BCUT2D eigenvalue weighted by Crippen LogP contribution is -2.38. The summed E-state index contributed by atoms with van der Waals surface area (Å²) in [4.78, 5) is 0.326. The van der Waals surface area contributed by atoms with Gasteiger partial charge in [-0.2, -0.15) is 9.40 Å². The molecule has 1 aromatic rings. The SMILES string of the molecule is Cc1nn(CCCCl)c(C)c1S(=O)(=O)N(C)C(C)C(C)C. The van der Waals surface area contributed by atoms with Gasteiger partial charge in [0, 0.05) is 25.5 Å². The van der Waals surface area contributed by atoms with E-state index in [-0.39, 0.29) is 12.0 Å².